The fourth-order valence-corrected chi connectivity index (χ4v) is 2.52. The third kappa shape index (κ3) is 5.03. The monoisotopic (exact) mass is 379 g/mol. The van der Waals surface area contributed by atoms with E-state index in [2.05, 4.69) is 26.8 Å². The molecule has 8 heteroatoms. The van der Waals surface area contributed by atoms with Gasteiger partial charge in [0.15, 0.2) is 5.11 Å². The van der Waals surface area contributed by atoms with Crippen LogP contribution in [0, 0.1) is 11.3 Å². The van der Waals surface area contributed by atoms with Crippen molar-refractivity contribution in [3.8, 4) is 23.2 Å². The van der Waals surface area contributed by atoms with Gasteiger partial charge in [0, 0.05) is 11.3 Å². The standard InChI is InChI=1S/C19H17N5O2S/c1-25-16-4-2-3-14(11-16)18-23-17(26-24-18)12-21-19(27)22-15-7-5-13(6-8-15)9-10-20/h2-8,11H,9,12H2,1H3,(H2,21,22,27). The first-order valence-electron chi connectivity index (χ1n) is 8.15. The number of nitriles is 1. The van der Waals surface area contributed by atoms with Gasteiger partial charge in [-0.1, -0.05) is 29.4 Å². The SMILES string of the molecule is COc1cccc(-c2noc(CNC(=S)Nc3ccc(CC#N)cc3)n2)c1. The van der Waals surface area contributed by atoms with E-state index in [-0.39, 0.29) is 0 Å². The zero-order valence-corrected chi connectivity index (χ0v) is 15.4. The maximum absolute atomic E-state index is 8.69. The number of aromatic nitrogens is 2. The van der Waals surface area contributed by atoms with E-state index in [0.29, 0.717) is 29.8 Å². The second-order valence-electron chi connectivity index (χ2n) is 5.58. The van der Waals surface area contributed by atoms with Crippen molar-refractivity contribution in [2.24, 2.45) is 0 Å². The van der Waals surface area contributed by atoms with Crippen LogP contribution in [0.25, 0.3) is 11.4 Å². The predicted octanol–water partition coefficient (Wildman–Crippen LogP) is 3.30. The summed E-state index contributed by atoms with van der Waals surface area (Å²) >= 11 is 5.27. The largest absolute Gasteiger partial charge is 0.497 e. The minimum atomic E-state index is 0.301. The van der Waals surface area contributed by atoms with Gasteiger partial charge < -0.3 is 19.9 Å². The van der Waals surface area contributed by atoms with Crippen LogP contribution >= 0.6 is 12.2 Å². The van der Waals surface area contributed by atoms with Crippen LogP contribution in [0.5, 0.6) is 5.75 Å². The number of nitrogens with one attached hydrogen (secondary N) is 2. The summed E-state index contributed by atoms with van der Waals surface area (Å²) in [4.78, 5) is 4.35. The van der Waals surface area contributed by atoms with Gasteiger partial charge in [-0.2, -0.15) is 10.2 Å². The molecule has 3 rings (SSSR count). The lowest BCUT2D eigenvalue weighted by Crippen LogP contribution is -2.28. The summed E-state index contributed by atoms with van der Waals surface area (Å²) in [6.45, 7) is 0.301. The number of nitrogens with zero attached hydrogens (tertiary/aromatic N) is 3. The average molecular weight is 379 g/mol. The summed E-state index contributed by atoms with van der Waals surface area (Å²) in [6, 6.07) is 17.0. The lowest BCUT2D eigenvalue weighted by Gasteiger charge is -2.09. The third-order valence-corrected chi connectivity index (χ3v) is 3.94. The Hall–Kier alpha value is -3.44. The summed E-state index contributed by atoms with van der Waals surface area (Å²) in [5.74, 6) is 1.63. The molecule has 2 N–H and O–H groups in total. The fraction of sp³-hybridized carbons (Fsp3) is 0.158. The molecule has 0 saturated carbocycles. The van der Waals surface area contributed by atoms with Gasteiger partial charge >= 0.3 is 0 Å². The Bertz CT molecular complexity index is 963. The molecule has 27 heavy (non-hydrogen) atoms. The number of benzene rings is 2. The predicted molar refractivity (Wildman–Crippen MR) is 105 cm³/mol. The highest BCUT2D eigenvalue weighted by molar-refractivity contribution is 7.80. The highest BCUT2D eigenvalue weighted by Gasteiger charge is 2.10. The quantitative estimate of drug-likeness (QED) is 0.630. The van der Waals surface area contributed by atoms with E-state index in [4.69, 9.17) is 26.7 Å². The lowest BCUT2D eigenvalue weighted by molar-refractivity contribution is 0.376. The summed E-state index contributed by atoms with van der Waals surface area (Å²) < 4.78 is 10.5. The number of hydrogen-bond acceptors (Lipinski definition) is 6. The van der Waals surface area contributed by atoms with Crippen LogP contribution in [-0.4, -0.2) is 22.4 Å². The van der Waals surface area contributed by atoms with Gasteiger partial charge in [0.1, 0.15) is 5.75 Å². The fourth-order valence-electron chi connectivity index (χ4n) is 2.33. The van der Waals surface area contributed by atoms with Crippen LogP contribution < -0.4 is 15.4 Å². The third-order valence-electron chi connectivity index (χ3n) is 3.69. The zero-order chi connectivity index (χ0) is 19.1. The van der Waals surface area contributed by atoms with Crippen molar-refractivity contribution < 1.29 is 9.26 Å². The normalized spacial score (nSPS) is 10.1. The van der Waals surface area contributed by atoms with Crippen LogP contribution in [0.3, 0.4) is 0 Å². The first-order valence-corrected chi connectivity index (χ1v) is 8.56. The maximum Gasteiger partial charge on any atom is 0.246 e. The molecular weight excluding hydrogens is 362 g/mol. The van der Waals surface area contributed by atoms with Gasteiger partial charge in [-0.25, -0.2) is 0 Å². The summed E-state index contributed by atoms with van der Waals surface area (Å²) in [6.07, 6.45) is 0.385. The molecule has 1 heterocycles. The van der Waals surface area contributed by atoms with Crippen molar-refractivity contribution in [1.29, 1.82) is 5.26 Å². The molecule has 7 nitrogen and oxygen atoms in total. The van der Waals surface area contributed by atoms with Crippen LogP contribution in [0.2, 0.25) is 0 Å². The molecule has 0 saturated heterocycles. The van der Waals surface area contributed by atoms with Crippen LogP contribution in [0.1, 0.15) is 11.5 Å². The minimum absolute atomic E-state index is 0.301. The smallest absolute Gasteiger partial charge is 0.246 e. The van der Waals surface area contributed by atoms with E-state index >= 15 is 0 Å². The van der Waals surface area contributed by atoms with Gasteiger partial charge in [-0.15, -0.1) is 0 Å². The lowest BCUT2D eigenvalue weighted by atomic mass is 10.1. The summed E-state index contributed by atoms with van der Waals surface area (Å²) in [5.41, 5.74) is 2.59. The Morgan fingerprint density at radius 3 is 2.81 bits per heavy atom. The molecule has 2 aromatic carbocycles. The highest BCUT2D eigenvalue weighted by Crippen LogP contribution is 2.21. The Morgan fingerprint density at radius 1 is 1.26 bits per heavy atom. The molecule has 3 aromatic rings. The molecule has 136 valence electrons. The van der Waals surface area contributed by atoms with E-state index < -0.39 is 0 Å². The Morgan fingerprint density at radius 2 is 2.07 bits per heavy atom. The van der Waals surface area contributed by atoms with Crippen LogP contribution in [0.4, 0.5) is 5.69 Å². The summed E-state index contributed by atoms with van der Waals surface area (Å²) in [7, 11) is 1.61. The number of thiocarbonyl (C=S) groups is 1. The molecule has 0 aliphatic carbocycles. The number of rotatable bonds is 6. The molecule has 0 spiro atoms. The topological polar surface area (TPSA) is 96.0 Å². The number of hydrogen-bond donors (Lipinski definition) is 2. The Kier molecular flexibility index (Phi) is 5.97. The number of methoxy groups -OCH3 is 1. The number of ether oxygens (including phenoxy) is 1. The Balaban J connectivity index is 1.55. The van der Waals surface area contributed by atoms with Crippen molar-refractivity contribution in [3.05, 3.63) is 60.0 Å². The summed E-state index contributed by atoms with van der Waals surface area (Å²) in [5, 5.41) is 19.2. The molecule has 0 bridgehead atoms. The van der Waals surface area contributed by atoms with Gasteiger partial charge in [0.05, 0.1) is 26.1 Å². The number of anilines is 1. The van der Waals surface area contributed by atoms with Gasteiger partial charge in [-0.05, 0) is 42.0 Å². The van der Waals surface area contributed by atoms with E-state index in [1.54, 1.807) is 7.11 Å². The molecule has 0 fully saturated rings. The van der Waals surface area contributed by atoms with Crippen LogP contribution in [-0.2, 0) is 13.0 Å². The molecule has 0 unspecified atom stereocenters. The van der Waals surface area contributed by atoms with Gasteiger partial charge in [-0.3, -0.25) is 0 Å². The zero-order valence-electron chi connectivity index (χ0n) is 14.6. The molecule has 0 amide bonds. The van der Waals surface area contributed by atoms with Crippen molar-refractivity contribution >= 4 is 23.0 Å². The molecular formula is C19H17N5O2S. The molecule has 0 aliphatic rings. The Labute approximate surface area is 162 Å². The average Bonchev–Trinajstić information content (AvgIpc) is 3.17. The highest BCUT2D eigenvalue weighted by atomic mass is 32.1. The van der Waals surface area contributed by atoms with Crippen molar-refractivity contribution in [1.82, 2.24) is 15.5 Å². The second-order valence-corrected chi connectivity index (χ2v) is 5.99. The second kappa shape index (κ2) is 8.78. The van der Waals surface area contributed by atoms with E-state index in [0.717, 1.165) is 22.6 Å². The first-order chi connectivity index (χ1) is 13.2. The molecule has 1 aromatic heterocycles. The van der Waals surface area contributed by atoms with Gasteiger partial charge in [0.25, 0.3) is 0 Å². The van der Waals surface area contributed by atoms with E-state index in [1.165, 1.54) is 0 Å². The molecule has 0 radical (unpaired) electrons. The minimum Gasteiger partial charge on any atom is -0.497 e. The maximum atomic E-state index is 8.69. The molecule has 0 aliphatic heterocycles. The van der Waals surface area contributed by atoms with E-state index in [9.17, 15) is 0 Å². The van der Waals surface area contributed by atoms with Crippen molar-refractivity contribution in [2.45, 2.75) is 13.0 Å². The van der Waals surface area contributed by atoms with Crippen molar-refractivity contribution in [2.75, 3.05) is 12.4 Å². The van der Waals surface area contributed by atoms with Crippen LogP contribution in [0.15, 0.2) is 53.1 Å². The first kappa shape index (κ1) is 18.4. The van der Waals surface area contributed by atoms with E-state index in [1.807, 2.05) is 48.5 Å². The van der Waals surface area contributed by atoms with Gasteiger partial charge in [0.2, 0.25) is 11.7 Å². The van der Waals surface area contributed by atoms with Crippen molar-refractivity contribution in [3.63, 3.8) is 0 Å². The molecule has 0 atom stereocenters.